The van der Waals surface area contributed by atoms with Crippen LogP contribution in [0.3, 0.4) is 0 Å². The molecule has 0 atom stereocenters. The highest BCUT2D eigenvalue weighted by atomic mass is 35.5. The Morgan fingerprint density at radius 2 is 1.77 bits per heavy atom. The number of halogens is 1. The number of ketones is 1. The number of thioether (sulfide) groups is 1. The van der Waals surface area contributed by atoms with Crippen molar-refractivity contribution in [1.29, 1.82) is 0 Å². The summed E-state index contributed by atoms with van der Waals surface area (Å²) in [6.45, 7) is 0. The third-order valence-corrected chi connectivity index (χ3v) is 6.28. The average Bonchev–Trinajstić information content (AvgIpc) is 3.24. The van der Waals surface area contributed by atoms with Gasteiger partial charge in [-0.05, 0) is 47.8 Å². The molecule has 0 fully saturated rings. The molecule has 4 rings (SSSR count). The normalized spacial score (nSPS) is 10.8. The summed E-state index contributed by atoms with van der Waals surface area (Å²) in [4.78, 5) is 42.5. The number of nitrogens with zero attached hydrogens (tertiary/aromatic N) is 2. The number of fused-ring (bicyclic) bond motifs is 1. The van der Waals surface area contributed by atoms with Gasteiger partial charge in [-0.2, -0.15) is 4.68 Å². The SMILES string of the molecule is O=C(CSc1nc2ccsc2c(=O)n1NC(=O)c1ccccc1)c1ccc(Cl)cc1. The Bertz CT molecular complexity index is 1280. The third-order valence-electron chi connectivity index (χ3n) is 4.20. The summed E-state index contributed by atoms with van der Waals surface area (Å²) >= 11 is 8.20. The first kappa shape index (κ1) is 20.3. The Morgan fingerprint density at radius 3 is 2.50 bits per heavy atom. The maximum Gasteiger partial charge on any atom is 0.291 e. The molecule has 6 nitrogen and oxygen atoms in total. The highest BCUT2D eigenvalue weighted by molar-refractivity contribution is 7.99. The second-order valence-electron chi connectivity index (χ2n) is 6.20. The molecule has 4 aromatic rings. The van der Waals surface area contributed by atoms with Crippen molar-refractivity contribution in [3.05, 3.63) is 92.5 Å². The third kappa shape index (κ3) is 4.30. The van der Waals surface area contributed by atoms with Crippen LogP contribution in [0.5, 0.6) is 0 Å². The van der Waals surface area contributed by atoms with E-state index in [4.69, 9.17) is 11.6 Å². The van der Waals surface area contributed by atoms with Gasteiger partial charge in [0.2, 0.25) is 0 Å². The van der Waals surface area contributed by atoms with E-state index in [1.165, 1.54) is 11.3 Å². The highest BCUT2D eigenvalue weighted by Crippen LogP contribution is 2.22. The molecule has 0 spiro atoms. The summed E-state index contributed by atoms with van der Waals surface area (Å²) in [5, 5.41) is 2.54. The van der Waals surface area contributed by atoms with Crippen LogP contribution in [0.1, 0.15) is 20.7 Å². The number of hydrogen-bond donors (Lipinski definition) is 1. The molecule has 9 heteroatoms. The smallest absolute Gasteiger partial charge is 0.291 e. The van der Waals surface area contributed by atoms with Crippen LogP contribution in [0, 0.1) is 0 Å². The highest BCUT2D eigenvalue weighted by Gasteiger charge is 2.17. The van der Waals surface area contributed by atoms with Gasteiger partial charge in [0, 0.05) is 16.1 Å². The zero-order valence-electron chi connectivity index (χ0n) is 15.4. The van der Waals surface area contributed by atoms with Crippen molar-refractivity contribution in [2.24, 2.45) is 0 Å². The maximum absolute atomic E-state index is 12.9. The lowest BCUT2D eigenvalue weighted by atomic mass is 10.1. The molecule has 0 saturated carbocycles. The molecule has 1 amide bonds. The molecule has 0 unspecified atom stereocenters. The van der Waals surface area contributed by atoms with E-state index < -0.39 is 5.91 Å². The van der Waals surface area contributed by atoms with Crippen LogP contribution >= 0.6 is 34.7 Å². The van der Waals surface area contributed by atoms with Gasteiger partial charge in [0.15, 0.2) is 10.9 Å². The molecule has 0 saturated heterocycles. The average molecular weight is 456 g/mol. The molecule has 0 bridgehead atoms. The fourth-order valence-electron chi connectivity index (χ4n) is 2.69. The number of Topliss-reactive ketones (excluding diaryl/α,β-unsaturated/α-hetero) is 1. The quantitative estimate of drug-likeness (QED) is 0.263. The molecule has 2 aromatic heterocycles. The predicted octanol–water partition coefficient (Wildman–Crippen LogP) is 4.47. The van der Waals surface area contributed by atoms with E-state index in [0.717, 1.165) is 16.4 Å². The number of thiophene rings is 1. The molecular formula is C21H14ClN3O3S2. The molecule has 0 aliphatic heterocycles. The molecule has 30 heavy (non-hydrogen) atoms. The number of carbonyl (C=O) groups excluding carboxylic acids is 2. The molecule has 0 aliphatic rings. The molecule has 1 N–H and O–H groups in total. The molecule has 0 radical (unpaired) electrons. The topological polar surface area (TPSA) is 81.1 Å². The van der Waals surface area contributed by atoms with E-state index >= 15 is 0 Å². The standard InChI is InChI=1S/C21H14ClN3O3S2/c22-15-8-6-13(7-9-15)17(26)12-30-21-23-16-10-11-29-18(16)20(28)25(21)24-19(27)14-4-2-1-3-5-14/h1-11H,12H2,(H,24,27). The number of aromatic nitrogens is 2. The largest absolute Gasteiger partial charge is 0.293 e. The van der Waals surface area contributed by atoms with Crippen molar-refractivity contribution >= 4 is 56.6 Å². The Labute approximate surface area is 184 Å². The van der Waals surface area contributed by atoms with Gasteiger partial charge in [0.1, 0.15) is 4.70 Å². The molecule has 2 heterocycles. The van der Waals surface area contributed by atoms with Gasteiger partial charge in [0.25, 0.3) is 11.5 Å². The number of rotatable bonds is 6. The number of nitrogens with one attached hydrogen (secondary N) is 1. The summed E-state index contributed by atoms with van der Waals surface area (Å²) in [7, 11) is 0. The van der Waals surface area contributed by atoms with Crippen LogP contribution in [-0.4, -0.2) is 27.1 Å². The number of hydrogen-bond acceptors (Lipinski definition) is 6. The van der Waals surface area contributed by atoms with E-state index in [2.05, 4.69) is 10.4 Å². The lowest BCUT2D eigenvalue weighted by Gasteiger charge is -2.13. The Morgan fingerprint density at radius 1 is 1.03 bits per heavy atom. The first-order valence-corrected chi connectivity index (χ1v) is 11.1. The second-order valence-corrected chi connectivity index (χ2v) is 8.49. The summed E-state index contributed by atoms with van der Waals surface area (Å²) in [5.74, 6) is -0.538. The van der Waals surface area contributed by atoms with Crippen molar-refractivity contribution in [1.82, 2.24) is 9.66 Å². The molecule has 150 valence electrons. The first-order valence-electron chi connectivity index (χ1n) is 8.81. The van der Waals surface area contributed by atoms with Crippen molar-refractivity contribution < 1.29 is 9.59 Å². The Hall–Kier alpha value is -2.94. The maximum atomic E-state index is 12.9. The zero-order chi connectivity index (χ0) is 21.1. The first-order chi connectivity index (χ1) is 14.5. The van der Waals surface area contributed by atoms with Crippen LogP contribution in [0.2, 0.25) is 5.02 Å². The van der Waals surface area contributed by atoms with E-state index in [0.29, 0.717) is 26.4 Å². The summed E-state index contributed by atoms with van der Waals surface area (Å²) in [5.41, 5.74) is 3.66. The molecular weight excluding hydrogens is 442 g/mol. The van der Waals surface area contributed by atoms with Crippen LogP contribution in [0.4, 0.5) is 0 Å². The second kappa shape index (κ2) is 8.83. The number of amides is 1. The predicted molar refractivity (Wildman–Crippen MR) is 121 cm³/mol. The van der Waals surface area contributed by atoms with Crippen molar-refractivity contribution in [2.75, 3.05) is 11.2 Å². The molecule has 2 aromatic carbocycles. The van der Waals surface area contributed by atoms with Crippen molar-refractivity contribution in [3.8, 4) is 0 Å². The van der Waals surface area contributed by atoms with Crippen molar-refractivity contribution in [3.63, 3.8) is 0 Å². The summed E-state index contributed by atoms with van der Waals surface area (Å²) < 4.78 is 1.53. The summed E-state index contributed by atoms with van der Waals surface area (Å²) in [6.07, 6.45) is 0. The minimum Gasteiger partial charge on any atom is -0.293 e. The minimum absolute atomic E-state index is 0.0466. The van der Waals surface area contributed by atoms with E-state index in [1.54, 1.807) is 66.0 Å². The number of carbonyl (C=O) groups is 2. The van der Waals surface area contributed by atoms with Crippen LogP contribution in [-0.2, 0) is 0 Å². The van der Waals surface area contributed by atoms with Crippen molar-refractivity contribution in [2.45, 2.75) is 5.16 Å². The number of benzene rings is 2. The zero-order valence-corrected chi connectivity index (χ0v) is 17.8. The van der Waals surface area contributed by atoms with Gasteiger partial charge in [-0.1, -0.05) is 41.6 Å². The van der Waals surface area contributed by atoms with Crippen LogP contribution in [0.15, 0.2) is 76.0 Å². The Kier molecular flexibility index (Phi) is 5.98. The van der Waals surface area contributed by atoms with Crippen LogP contribution < -0.4 is 11.0 Å². The lowest BCUT2D eigenvalue weighted by Crippen LogP contribution is -2.34. The van der Waals surface area contributed by atoms with E-state index in [-0.39, 0.29) is 22.3 Å². The lowest BCUT2D eigenvalue weighted by molar-refractivity contribution is 0.100. The monoisotopic (exact) mass is 455 g/mol. The van der Waals surface area contributed by atoms with Gasteiger partial charge < -0.3 is 0 Å². The van der Waals surface area contributed by atoms with E-state index in [9.17, 15) is 14.4 Å². The fraction of sp³-hybridized carbons (Fsp3) is 0.0476. The van der Waals surface area contributed by atoms with E-state index in [1.807, 2.05) is 0 Å². The van der Waals surface area contributed by atoms with Gasteiger partial charge in [-0.3, -0.25) is 19.8 Å². The summed E-state index contributed by atoms with van der Waals surface area (Å²) in [6, 6.07) is 16.9. The van der Waals surface area contributed by atoms with Gasteiger partial charge in [-0.25, -0.2) is 4.98 Å². The fourth-order valence-corrected chi connectivity index (χ4v) is 4.43. The van der Waals surface area contributed by atoms with Gasteiger partial charge >= 0.3 is 0 Å². The van der Waals surface area contributed by atoms with Gasteiger partial charge in [-0.15, -0.1) is 11.3 Å². The van der Waals surface area contributed by atoms with Crippen LogP contribution in [0.25, 0.3) is 10.2 Å². The molecule has 0 aliphatic carbocycles. The van der Waals surface area contributed by atoms with Gasteiger partial charge in [0.05, 0.1) is 11.3 Å². The Balaban J connectivity index is 1.63. The minimum atomic E-state index is -0.443.